The highest BCUT2D eigenvalue weighted by Crippen LogP contribution is 2.58. The third-order valence-corrected chi connectivity index (χ3v) is 11.2. The number of hydrogen-bond acceptors (Lipinski definition) is 11. The van der Waals surface area contributed by atoms with E-state index in [9.17, 15) is 20.4 Å². The Hall–Kier alpha value is -4.16. The van der Waals surface area contributed by atoms with Gasteiger partial charge >= 0.3 is 0 Å². The van der Waals surface area contributed by atoms with Gasteiger partial charge in [0.25, 0.3) is 0 Å². The first-order valence-electron chi connectivity index (χ1n) is 17.8. The van der Waals surface area contributed by atoms with E-state index in [4.69, 9.17) is 23.7 Å². The molecule has 1 fully saturated rings. The Kier molecular flexibility index (Phi) is 8.49. The summed E-state index contributed by atoms with van der Waals surface area (Å²) in [7, 11) is 3.14. The normalized spacial score (nSPS) is 27.2. The number of anilines is 1. The molecule has 3 aromatic carbocycles. The van der Waals surface area contributed by atoms with E-state index in [0.717, 1.165) is 53.6 Å². The van der Waals surface area contributed by atoms with Gasteiger partial charge in [-0.15, -0.1) is 0 Å². The Bertz CT molecular complexity index is 1840. The molecule has 5 aliphatic rings. The summed E-state index contributed by atoms with van der Waals surface area (Å²) in [6.07, 6.45) is 8.24. The van der Waals surface area contributed by atoms with E-state index < -0.39 is 24.0 Å². The van der Waals surface area contributed by atoms with Crippen molar-refractivity contribution in [2.75, 3.05) is 39.4 Å². The van der Waals surface area contributed by atoms with Gasteiger partial charge in [-0.05, 0) is 55.9 Å². The fraction of sp³-hybridized carbons (Fsp3) is 0.487. The molecule has 3 heterocycles. The Labute approximate surface area is 291 Å². The molecule has 0 aromatic heterocycles. The van der Waals surface area contributed by atoms with Crippen molar-refractivity contribution in [2.45, 2.75) is 81.9 Å². The van der Waals surface area contributed by atoms with Crippen molar-refractivity contribution in [2.24, 2.45) is 5.92 Å². The van der Waals surface area contributed by atoms with Crippen molar-refractivity contribution in [1.29, 1.82) is 0 Å². The number of aliphatic hydroxyl groups is 3. The maximum atomic E-state index is 12.2. The predicted octanol–water partition coefficient (Wildman–Crippen LogP) is 5.38. The van der Waals surface area contributed by atoms with Crippen molar-refractivity contribution in [1.82, 2.24) is 5.32 Å². The van der Waals surface area contributed by atoms with E-state index in [1.165, 1.54) is 7.11 Å². The predicted molar refractivity (Wildman–Crippen MR) is 187 cm³/mol. The largest absolute Gasteiger partial charge is 0.502 e. The summed E-state index contributed by atoms with van der Waals surface area (Å²) in [5, 5.41) is 51.0. The average Bonchev–Trinajstić information content (AvgIpc) is 3.11. The Morgan fingerprint density at radius 2 is 1.72 bits per heavy atom. The lowest BCUT2D eigenvalue weighted by Crippen LogP contribution is -2.61. The van der Waals surface area contributed by atoms with Gasteiger partial charge in [-0.3, -0.25) is 5.32 Å². The molecule has 3 aromatic rings. The number of ether oxygens (including phenoxy) is 5. The molecular weight excluding hydrogens is 640 g/mol. The van der Waals surface area contributed by atoms with Crippen molar-refractivity contribution in [3.05, 3.63) is 64.2 Å². The number of fused-ring (bicyclic) bond motifs is 3. The molecule has 11 heteroatoms. The van der Waals surface area contributed by atoms with Gasteiger partial charge in [0.2, 0.25) is 5.75 Å². The molecule has 0 saturated heterocycles. The summed E-state index contributed by atoms with van der Waals surface area (Å²) in [5.74, 6) is 1.87. The van der Waals surface area contributed by atoms with Gasteiger partial charge in [0, 0.05) is 77.4 Å². The molecule has 50 heavy (non-hydrogen) atoms. The van der Waals surface area contributed by atoms with Gasteiger partial charge in [-0.1, -0.05) is 18.6 Å². The molecule has 0 radical (unpaired) electrons. The lowest BCUT2D eigenvalue weighted by molar-refractivity contribution is -0.0467. The van der Waals surface area contributed by atoms with Crippen LogP contribution in [-0.4, -0.2) is 66.2 Å². The van der Waals surface area contributed by atoms with Crippen LogP contribution in [0.15, 0.2) is 36.4 Å². The molecule has 6 atom stereocenters. The van der Waals surface area contributed by atoms with Crippen LogP contribution in [0.2, 0.25) is 0 Å². The van der Waals surface area contributed by atoms with Crippen LogP contribution in [0.3, 0.4) is 0 Å². The van der Waals surface area contributed by atoms with E-state index in [1.54, 1.807) is 19.2 Å². The zero-order chi connectivity index (χ0) is 34.7. The van der Waals surface area contributed by atoms with Crippen LogP contribution in [-0.2, 0) is 12.8 Å². The first kappa shape index (κ1) is 33.0. The molecule has 6 N–H and O–H groups in total. The van der Waals surface area contributed by atoms with Crippen LogP contribution in [0.1, 0.15) is 85.1 Å². The van der Waals surface area contributed by atoms with Gasteiger partial charge in [0.05, 0.1) is 39.1 Å². The van der Waals surface area contributed by atoms with E-state index in [2.05, 4.69) is 29.7 Å². The summed E-state index contributed by atoms with van der Waals surface area (Å²) in [6, 6.07) is 7.36. The molecule has 266 valence electrons. The third-order valence-electron chi connectivity index (χ3n) is 11.2. The minimum absolute atomic E-state index is 0.0400. The third kappa shape index (κ3) is 5.25. The number of benzene rings is 3. The summed E-state index contributed by atoms with van der Waals surface area (Å²) in [4.78, 5) is 0. The number of phenols is 1. The number of nitrogens with one attached hydrogen (secondary N) is 2. The van der Waals surface area contributed by atoms with E-state index in [1.807, 2.05) is 12.1 Å². The zero-order valence-electron chi connectivity index (χ0n) is 28.8. The molecular formula is C39H46N2O9. The Morgan fingerprint density at radius 1 is 0.920 bits per heavy atom. The quantitative estimate of drug-likeness (QED) is 0.127. The topological polar surface area (TPSA) is 151 Å². The molecule has 1 saturated carbocycles. The second-order valence-corrected chi connectivity index (χ2v) is 14.1. The number of hydrogen-bond donors (Lipinski definition) is 6. The van der Waals surface area contributed by atoms with Gasteiger partial charge in [0.15, 0.2) is 23.5 Å². The minimum atomic E-state index is -1.04. The first-order chi connectivity index (χ1) is 24.3. The number of aliphatic hydroxyl groups excluding tert-OH is 3. The molecule has 11 nitrogen and oxygen atoms in total. The highest BCUT2D eigenvalue weighted by molar-refractivity contribution is 5.93. The van der Waals surface area contributed by atoms with Crippen molar-refractivity contribution in [3.8, 4) is 45.6 Å². The SMILES string of the molecule is COc1cc(C2COc3cc4c5c(c3C2O)CCc2c(OC)cc(OC36CCCCC3C=CC(C)N6)c(c2-5)C(O)N4)cc(OCCCO)c1O. The lowest BCUT2D eigenvalue weighted by atomic mass is 9.74. The molecule has 8 rings (SSSR count). The summed E-state index contributed by atoms with van der Waals surface area (Å²) >= 11 is 0. The average molecular weight is 687 g/mol. The van der Waals surface area contributed by atoms with Gasteiger partial charge in [0.1, 0.15) is 17.2 Å². The maximum Gasteiger partial charge on any atom is 0.200 e. The molecule has 0 amide bonds. The van der Waals surface area contributed by atoms with Crippen LogP contribution in [0.4, 0.5) is 5.69 Å². The highest BCUT2D eigenvalue weighted by atomic mass is 16.5. The summed E-state index contributed by atoms with van der Waals surface area (Å²) < 4.78 is 30.7. The van der Waals surface area contributed by atoms with Gasteiger partial charge < -0.3 is 49.4 Å². The van der Waals surface area contributed by atoms with Crippen LogP contribution >= 0.6 is 0 Å². The smallest absolute Gasteiger partial charge is 0.200 e. The molecule has 3 aliphatic heterocycles. The fourth-order valence-corrected chi connectivity index (χ4v) is 8.83. The van der Waals surface area contributed by atoms with Crippen molar-refractivity contribution in [3.63, 3.8) is 0 Å². The molecule has 0 bridgehead atoms. The number of methoxy groups -OCH3 is 2. The number of phenolic OH excluding ortho intramolecular Hbond substituents is 1. The zero-order valence-corrected chi connectivity index (χ0v) is 28.8. The van der Waals surface area contributed by atoms with Gasteiger partial charge in [-0.2, -0.15) is 0 Å². The van der Waals surface area contributed by atoms with E-state index >= 15 is 0 Å². The lowest BCUT2D eigenvalue weighted by Gasteiger charge is -2.48. The van der Waals surface area contributed by atoms with Crippen molar-refractivity contribution < 1.29 is 44.1 Å². The van der Waals surface area contributed by atoms with Gasteiger partial charge in [-0.25, -0.2) is 0 Å². The Balaban J connectivity index is 1.23. The molecule has 2 aliphatic carbocycles. The first-order valence-corrected chi connectivity index (χ1v) is 17.8. The summed E-state index contributed by atoms with van der Waals surface area (Å²) in [6.45, 7) is 2.48. The number of aromatic hydroxyl groups is 1. The number of rotatable bonds is 9. The standard InChI is InChI=1S/C39H46N2O9/c1-20-8-9-22-7-4-5-12-39(22,41-20)50-29-18-27(46-2)23-10-11-24-32-26(40-38(45)35(29)34(23)32)17-28-33(24)36(43)25(19-49-28)21-15-30(47-3)37(44)31(16-21)48-14-6-13-42/h8-9,15-18,20,22,25,36,38,40-45H,4-7,10-14,19H2,1-3H3. The second kappa shape index (κ2) is 12.9. The van der Waals surface area contributed by atoms with Crippen LogP contribution in [0.25, 0.3) is 11.1 Å². The maximum absolute atomic E-state index is 12.2. The van der Waals surface area contributed by atoms with Crippen LogP contribution < -0.4 is 34.3 Å². The van der Waals surface area contributed by atoms with Crippen molar-refractivity contribution >= 4 is 5.69 Å². The second-order valence-electron chi connectivity index (χ2n) is 14.1. The van der Waals surface area contributed by atoms with E-state index in [-0.39, 0.29) is 49.0 Å². The highest BCUT2D eigenvalue weighted by Gasteiger charge is 2.47. The van der Waals surface area contributed by atoms with E-state index in [0.29, 0.717) is 53.2 Å². The minimum Gasteiger partial charge on any atom is -0.502 e. The summed E-state index contributed by atoms with van der Waals surface area (Å²) in [5.41, 5.74) is 5.95. The monoisotopic (exact) mass is 686 g/mol. The molecule has 6 unspecified atom stereocenters. The molecule has 0 spiro atoms. The fourth-order valence-electron chi connectivity index (χ4n) is 8.83. The van der Waals surface area contributed by atoms with Crippen LogP contribution in [0.5, 0.6) is 34.5 Å². The van der Waals surface area contributed by atoms with Crippen LogP contribution in [0, 0.1) is 5.92 Å². The Morgan fingerprint density at radius 3 is 2.52 bits per heavy atom.